The predicted molar refractivity (Wildman–Crippen MR) is 65.9 cm³/mol. The number of ketones is 1. The standard InChI is InChI=1S/C12H11ClFNO4/c1-18-8(19-2)5-15-10-7(14)4-3-6(13)9(10)11(16)12(15)17/h3-4,8H,5H2,1-2H3. The number of benzene rings is 1. The van der Waals surface area contributed by atoms with E-state index in [2.05, 4.69) is 0 Å². The highest BCUT2D eigenvalue weighted by atomic mass is 35.5. The minimum atomic E-state index is -0.846. The third-order valence-corrected chi connectivity index (χ3v) is 3.19. The van der Waals surface area contributed by atoms with E-state index >= 15 is 0 Å². The summed E-state index contributed by atoms with van der Waals surface area (Å²) in [6.45, 7) is -0.0954. The van der Waals surface area contributed by atoms with Crippen molar-refractivity contribution in [1.29, 1.82) is 0 Å². The second-order valence-electron chi connectivity index (χ2n) is 3.90. The molecule has 0 saturated heterocycles. The van der Waals surface area contributed by atoms with Gasteiger partial charge in [0.2, 0.25) is 0 Å². The van der Waals surface area contributed by atoms with E-state index in [1.807, 2.05) is 0 Å². The molecule has 0 bridgehead atoms. The molecule has 1 aromatic rings. The smallest absolute Gasteiger partial charge is 0.299 e. The number of hydrogen-bond acceptors (Lipinski definition) is 4. The highest BCUT2D eigenvalue weighted by Gasteiger charge is 2.40. The Labute approximate surface area is 113 Å². The lowest BCUT2D eigenvalue weighted by atomic mass is 10.1. The van der Waals surface area contributed by atoms with Crippen LogP contribution in [-0.4, -0.2) is 38.7 Å². The summed E-state index contributed by atoms with van der Waals surface area (Å²) in [5.41, 5.74) is -0.237. The van der Waals surface area contributed by atoms with Crippen LogP contribution in [0.25, 0.3) is 0 Å². The molecule has 0 saturated carbocycles. The molecule has 5 nitrogen and oxygen atoms in total. The van der Waals surface area contributed by atoms with Crippen LogP contribution in [0, 0.1) is 5.82 Å². The van der Waals surface area contributed by atoms with E-state index in [1.165, 1.54) is 20.3 Å². The number of rotatable bonds is 4. The van der Waals surface area contributed by atoms with Gasteiger partial charge in [-0.2, -0.15) is 0 Å². The summed E-state index contributed by atoms with van der Waals surface area (Å²) < 4.78 is 23.7. The monoisotopic (exact) mass is 287 g/mol. The van der Waals surface area contributed by atoms with Crippen molar-refractivity contribution in [3.05, 3.63) is 28.5 Å². The molecule has 1 amide bonds. The highest BCUT2D eigenvalue weighted by Crippen LogP contribution is 2.36. The second-order valence-corrected chi connectivity index (χ2v) is 4.31. The fraction of sp³-hybridized carbons (Fsp3) is 0.333. The van der Waals surface area contributed by atoms with Crippen molar-refractivity contribution < 1.29 is 23.5 Å². The zero-order valence-electron chi connectivity index (χ0n) is 10.3. The lowest BCUT2D eigenvalue weighted by Crippen LogP contribution is -2.38. The van der Waals surface area contributed by atoms with Crippen molar-refractivity contribution in [2.45, 2.75) is 6.29 Å². The molecule has 0 fully saturated rings. The Morgan fingerprint density at radius 1 is 1.32 bits per heavy atom. The lowest BCUT2D eigenvalue weighted by Gasteiger charge is -2.22. The van der Waals surface area contributed by atoms with Gasteiger partial charge in [-0.05, 0) is 12.1 Å². The number of halogens is 2. The van der Waals surface area contributed by atoms with Gasteiger partial charge >= 0.3 is 0 Å². The van der Waals surface area contributed by atoms with E-state index in [0.29, 0.717) is 0 Å². The molecule has 1 aliphatic rings. The summed E-state index contributed by atoms with van der Waals surface area (Å²) in [5, 5.41) is 0.0450. The number of Topliss-reactive ketones (excluding diaryl/α,β-unsaturated/α-hetero) is 1. The Morgan fingerprint density at radius 2 is 1.95 bits per heavy atom. The van der Waals surface area contributed by atoms with Gasteiger partial charge in [-0.3, -0.25) is 14.5 Å². The number of fused-ring (bicyclic) bond motifs is 1. The molecule has 0 N–H and O–H groups in total. The molecule has 0 atom stereocenters. The first kappa shape index (κ1) is 13.9. The average molecular weight is 288 g/mol. The number of ether oxygens (including phenoxy) is 2. The van der Waals surface area contributed by atoms with E-state index in [0.717, 1.165) is 11.0 Å². The van der Waals surface area contributed by atoms with Crippen molar-refractivity contribution in [3.63, 3.8) is 0 Å². The number of nitrogens with zero attached hydrogens (tertiary/aromatic N) is 1. The maximum Gasteiger partial charge on any atom is 0.299 e. The quantitative estimate of drug-likeness (QED) is 0.624. The number of carbonyl (C=O) groups excluding carboxylic acids is 2. The molecule has 0 aromatic heterocycles. The van der Waals surface area contributed by atoms with Gasteiger partial charge in [-0.15, -0.1) is 0 Å². The number of amides is 1. The van der Waals surface area contributed by atoms with Crippen LogP contribution in [0.5, 0.6) is 0 Å². The molecule has 7 heteroatoms. The van der Waals surface area contributed by atoms with Gasteiger partial charge < -0.3 is 9.47 Å². The zero-order chi connectivity index (χ0) is 14.2. The van der Waals surface area contributed by atoms with E-state index in [1.54, 1.807) is 0 Å². The van der Waals surface area contributed by atoms with Gasteiger partial charge in [-0.25, -0.2) is 4.39 Å². The van der Waals surface area contributed by atoms with Crippen molar-refractivity contribution in [3.8, 4) is 0 Å². The molecular formula is C12H11ClFNO4. The Kier molecular flexibility index (Phi) is 3.84. The van der Waals surface area contributed by atoms with Crippen LogP contribution < -0.4 is 4.90 Å². The largest absolute Gasteiger partial charge is 0.354 e. The van der Waals surface area contributed by atoms with Crippen LogP contribution in [0.2, 0.25) is 5.02 Å². The summed E-state index contributed by atoms with van der Waals surface area (Å²) in [6, 6.07) is 2.35. The van der Waals surface area contributed by atoms with Gasteiger partial charge in [0, 0.05) is 14.2 Å². The van der Waals surface area contributed by atoms with E-state index < -0.39 is 23.8 Å². The second kappa shape index (κ2) is 5.24. The molecule has 0 radical (unpaired) electrons. The summed E-state index contributed by atoms with van der Waals surface area (Å²) in [6.07, 6.45) is -0.763. The van der Waals surface area contributed by atoms with Crippen molar-refractivity contribution in [1.82, 2.24) is 0 Å². The first-order valence-electron chi connectivity index (χ1n) is 5.41. The predicted octanol–water partition coefficient (Wildman–Crippen LogP) is 1.63. The number of hydrogen-bond donors (Lipinski definition) is 0. The molecule has 2 rings (SSSR count). The average Bonchev–Trinajstić information content (AvgIpc) is 2.66. The molecule has 0 spiro atoms. The Balaban J connectivity index is 2.47. The van der Waals surface area contributed by atoms with Crippen LogP contribution in [0.1, 0.15) is 10.4 Å². The van der Waals surface area contributed by atoms with Gasteiger partial charge in [0.15, 0.2) is 6.29 Å². The van der Waals surface area contributed by atoms with Crippen molar-refractivity contribution in [2.24, 2.45) is 0 Å². The van der Waals surface area contributed by atoms with Crippen LogP contribution in [0.4, 0.5) is 10.1 Å². The van der Waals surface area contributed by atoms with Crippen LogP contribution in [0.15, 0.2) is 12.1 Å². The summed E-state index contributed by atoms with van der Waals surface area (Å²) in [4.78, 5) is 24.7. The number of anilines is 1. The first-order chi connectivity index (χ1) is 9.01. The third-order valence-electron chi connectivity index (χ3n) is 2.87. The Bertz CT molecular complexity index is 545. The maximum absolute atomic E-state index is 13.8. The molecule has 1 heterocycles. The van der Waals surface area contributed by atoms with Gasteiger partial charge in [0.05, 0.1) is 22.8 Å². The third kappa shape index (κ3) is 2.22. The number of methoxy groups -OCH3 is 2. The molecule has 102 valence electrons. The maximum atomic E-state index is 13.8. The Hall–Kier alpha value is -1.50. The minimum absolute atomic E-state index is 0.0450. The fourth-order valence-electron chi connectivity index (χ4n) is 1.92. The first-order valence-corrected chi connectivity index (χ1v) is 5.78. The molecule has 0 aliphatic carbocycles. The molecular weight excluding hydrogens is 277 g/mol. The van der Waals surface area contributed by atoms with Gasteiger partial charge in [-0.1, -0.05) is 11.6 Å². The van der Waals surface area contributed by atoms with Crippen molar-refractivity contribution in [2.75, 3.05) is 25.7 Å². The normalized spacial score (nSPS) is 14.5. The number of carbonyl (C=O) groups is 2. The fourth-order valence-corrected chi connectivity index (χ4v) is 2.16. The van der Waals surface area contributed by atoms with E-state index in [-0.39, 0.29) is 22.8 Å². The molecule has 0 unspecified atom stereocenters. The Morgan fingerprint density at radius 3 is 2.53 bits per heavy atom. The molecule has 19 heavy (non-hydrogen) atoms. The minimum Gasteiger partial charge on any atom is -0.354 e. The molecule has 1 aliphatic heterocycles. The van der Waals surface area contributed by atoms with E-state index in [9.17, 15) is 14.0 Å². The van der Waals surface area contributed by atoms with Crippen molar-refractivity contribution >= 4 is 29.0 Å². The lowest BCUT2D eigenvalue weighted by molar-refractivity contribution is -0.119. The zero-order valence-corrected chi connectivity index (χ0v) is 11.0. The van der Waals surface area contributed by atoms with Gasteiger partial charge in [0.1, 0.15) is 5.82 Å². The van der Waals surface area contributed by atoms with E-state index in [4.69, 9.17) is 21.1 Å². The van der Waals surface area contributed by atoms with Crippen LogP contribution in [0.3, 0.4) is 0 Å². The highest BCUT2D eigenvalue weighted by molar-refractivity contribution is 6.55. The summed E-state index contributed by atoms with van der Waals surface area (Å²) in [7, 11) is 2.76. The molecule has 1 aromatic carbocycles. The topological polar surface area (TPSA) is 55.8 Å². The SMILES string of the molecule is COC(CN1C(=O)C(=O)c2c(Cl)ccc(F)c21)OC. The summed E-state index contributed by atoms with van der Waals surface area (Å²) >= 11 is 5.84. The van der Waals surface area contributed by atoms with Crippen LogP contribution >= 0.6 is 11.6 Å². The summed E-state index contributed by atoms with van der Waals surface area (Å²) in [5.74, 6) is -2.36. The van der Waals surface area contributed by atoms with Crippen LogP contribution in [-0.2, 0) is 14.3 Å². The van der Waals surface area contributed by atoms with Gasteiger partial charge in [0.25, 0.3) is 11.7 Å².